The standard InChI is InChI=1S/C29H41N3O3/c1-28(2)19-24(20-29(3,4)32(28)33)35-18-9-7-5-6-8-17-34-21-23-14-16-31-27-25(23)13-12-22-11-10-15-30-26(22)27/h10-16,24,32H,5-9,17-21H2,1-4H3. The fourth-order valence-corrected chi connectivity index (χ4v) is 5.64. The third-order valence-corrected chi connectivity index (χ3v) is 7.32. The number of unbranched alkanes of at least 4 members (excludes halogenated alkanes) is 4. The first-order chi connectivity index (χ1) is 16.8. The second kappa shape index (κ2) is 11.3. The van der Waals surface area contributed by atoms with Gasteiger partial charge >= 0.3 is 0 Å². The van der Waals surface area contributed by atoms with Crippen LogP contribution in [0.2, 0.25) is 0 Å². The summed E-state index contributed by atoms with van der Waals surface area (Å²) in [6.45, 7) is 10.4. The number of ether oxygens (including phenoxy) is 2. The Balaban J connectivity index is 1.11. The van der Waals surface area contributed by atoms with Gasteiger partial charge in [0.1, 0.15) is 0 Å². The first kappa shape index (κ1) is 26.0. The van der Waals surface area contributed by atoms with Crippen LogP contribution < -0.4 is 5.06 Å². The summed E-state index contributed by atoms with van der Waals surface area (Å²) in [4.78, 5) is 9.09. The molecule has 2 aromatic heterocycles. The molecular weight excluding hydrogens is 438 g/mol. The Morgan fingerprint density at radius 3 is 2.31 bits per heavy atom. The van der Waals surface area contributed by atoms with E-state index < -0.39 is 0 Å². The van der Waals surface area contributed by atoms with Gasteiger partial charge in [0.05, 0.1) is 34.8 Å². The number of aromatic nitrogens is 2. The molecule has 6 nitrogen and oxygen atoms in total. The molecule has 0 spiro atoms. The summed E-state index contributed by atoms with van der Waals surface area (Å²) in [7, 11) is 0. The minimum absolute atomic E-state index is 0.198. The maximum absolute atomic E-state index is 12.6. The minimum atomic E-state index is -0.278. The predicted octanol–water partition coefficient (Wildman–Crippen LogP) is 5.37. The Bertz CT molecular complexity index is 1100. The highest BCUT2D eigenvalue weighted by Gasteiger charge is 2.45. The summed E-state index contributed by atoms with van der Waals surface area (Å²) in [5.41, 5.74) is 2.49. The Morgan fingerprint density at radius 2 is 1.54 bits per heavy atom. The van der Waals surface area contributed by atoms with E-state index in [0.717, 1.165) is 66.3 Å². The molecule has 3 heterocycles. The van der Waals surface area contributed by atoms with Crippen molar-refractivity contribution >= 4 is 21.8 Å². The lowest BCUT2D eigenvalue weighted by atomic mass is 9.80. The van der Waals surface area contributed by atoms with Crippen molar-refractivity contribution in [1.82, 2.24) is 9.97 Å². The summed E-state index contributed by atoms with van der Waals surface area (Å²) < 4.78 is 12.2. The Labute approximate surface area is 209 Å². The third-order valence-electron chi connectivity index (χ3n) is 7.32. The van der Waals surface area contributed by atoms with Gasteiger partial charge in [-0.25, -0.2) is 0 Å². The van der Waals surface area contributed by atoms with Crippen LogP contribution in [0.1, 0.15) is 78.2 Å². The van der Waals surface area contributed by atoms with E-state index in [9.17, 15) is 5.21 Å². The molecule has 3 aromatic rings. The molecule has 0 atom stereocenters. The van der Waals surface area contributed by atoms with Gasteiger partial charge < -0.3 is 19.7 Å². The van der Waals surface area contributed by atoms with Crippen LogP contribution in [-0.2, 0) is 16.1 Å². The maximum Gasteiger partial charge on any atom is 0.0968 e. The van der Waals surface area contributed by atoms with Crippen LogP contribution in [-0.4, -0.2) is 40.4 Å². The number of rotatable bonds is 11. The summed E-state index contributed by atoms with van der Waals surface area (Å²) in [6, 6.07) is 10.3. The molecule has 35 heavy (non-hydrogen) atoms. The molecule has 1 aromatic carbocycles. The number of benzene rings is 1. The largest absolute Gasteiger partial charge is 0.634 e. The van der Waals surface area contributed by atoms with Crippen LogP contribution in [0.5, 0.6) is 0 Å². The molecule has 1 fully saturated rings. The van der Waals surface area contributed by atoms with Gasteiger partial charge in [-0.2, -0.15) is 0 Å². The molecule has 190 valence electrons. The van der Waals surface area contributed by atoms with Crippen LogP contribution in [0, 0.1) is 5.21 Å². The molecule has 0 bridgehead atoms. The van der Waals surface area contributed by atoms with Crippen molar-refractivity contribution in [3.63, 3.8) is 0 Å². The minimum Gasteiger partial charge on any atom is -0.634 e. The Morgan fingerprint density at radius 1 is 0.857 bits per heavy atom. The van der Waals surface area contributed by atoms with Crippen LogP contribution >= 0.6 is 0 Å². The normalized spacial score (nSPS) is 21.5. The molecule has 1 aliphatic rings. The van der Waals surface area contributed by atoms with Crippen LogP contribution in [0.25, 0.3) is 21.8 Å². The van der Waals surface area contributed by atoms with Gasteiger partial charge in [-0.15, -0.1) is 0 Å². The Kier molecular flexibility index (Phi) is 8.38. The lowest BCUT2D eigenvalue weighted by Gasteiger charge is -2.54. The zero-order valence-corrected chi connectivity index (χ0v) is 21.8. The fourth-order valence-electron chi connectivity index (χ4n) is 5.64. The summed E-state index contributed by atoms with van der Waals surface area (Å²) in [6.07, 6.45) is 11.2. The number of pyridine rings is 2. The lowest BCUT2D eigenvalue weighted by Crippen LogP contribution is -3.23. The van der Waals surface area contributed by atoms with E-state index in [1.165, 1.54) is 19.3 Å². The molecule has 0 saturated carbocycles. The second-order valence-electron chi connectivity index (χ2n) is 11.3. The number of quaternary nitrogens is 1. The number of hydroxylamine groups is 2. The molecule has 6 heteroatoms. The molecular formula is C29H41N3O3. The Hall–Kier alpha value is -2.12. The van der Waals surface area contributed by atoms with E-state index in [1.54, 1.807) is 0 Å². The van der Waals surface area contributed by atoms with E-state index in [2.05, 4.69) is 55.9 Å². The predicted molar refractivity (Wildman–Crippen MR) is 141 cm³/mol. The van der Waals surface area contributed by atoms with Crippen LogP contribution in [0.15, 0.2) is 42.7 Å². The quantitative estimate of drug-likeness (QED) is 0.227. The van der Waals surface area contributed by atoms with Crippen molar-refractivity contribution in [3.8, 4) is 0 Å². The van der Waals surface area contributed by atoms with Gasteiger partial charge in [0.2, 0.25) is 0 Å². The first-order valence-corrected chi connectivity index (χ1v) is 13.1. The lowest BCUT2D eigenvalue weighted by molar-refractivity contribution is -0.956. The van der Waals surface area contributed by atoms with E-state index in [4.69, 9.17) is 9.47 Å². The highest BCUT2D eigenvalue weighted by Crippen LogP contribution is 2.27. The molecule has 1 saturated heterocycles. The number of piperidine rings is 1. The highest BCUT2D eigenvalue weighted by atomic mass is 16.5. The monoisotopic (exact) mass is 479 g/mol. The van der Waals surface area contributed by atoms with Gasteiger partial charge in [0.25, 0.3) is 0 Å². The van der Waals surface area contributed by atoms with Gasteiger partial charge in [-0.3, -0.25) is 9.97 Å². The van der Waals surface area contributed by atoms with E-state index in [1.807, 2.05) is 24.5 Å². The van der Waals surface area contributed by atoms with Crippen molar-refractivity contribution < 1.29 is 14.5 Å². The average Bonchev–Trinajstić information content (AvgIpc) is 2.83. The number of hydrogen-bond donors (Lipinski definition) is 1. The van der Waals surface area contributed by atoms with E-state index in [0.29, 0.717) is 11.7 Å². The van der Waals surface area contributed by atoms with Gasteiger partial charge in [-0.05, 0) is 58.2 Å². The number of fused-ring (bicyclic) bond motifs is 3. The van der Waals surface area contributed by atoms with Gasteiger partial charge in [0, 0.05) is 49.2 Å². The first-order valence-electron chi connectivity index (χ1n) is 13.1. The zero-order chi connectivity index (χ0) is 24.9. The maximum atomic E-state index is 12.6. The number of nitrogens with zero attached hydrogens (tertiary/aromatic N) is 2. The van der Waals surface area contributed by atoms with Crippen molar-refractivity contribution in [1.29, 1.82) is 0 Å². The zero-order valence-electron chi connectivity index (χ0n) is 21.8. The number of nitrogens with one attached hydrogen (secondary N) is 1. The smallest absolute Gasteiger partial charge is 0.0968 e. The van der Waals surface area contributed by atoms with Crippen LogP contribution in [0.4, 0.5) is 0 Å². The topological polar surface area (TPSA) is 71.7 Å². The third kappa shape index (κ3) is 6.36. The molecule has 0 amide bonds. The summed E-state index contributed by atoms with van der Waals surface area (Å²) >= 11 is 0. The van der Waals surface area contributed by atoms with Gasteiger partial charge in [-0.1, -0.05) is 37.5 Å². The fraction of sp³-hybridized carbons (Fsp3) is 0.586. The van der Waals surface area contributed by atoms with Gasteiger partial charge in [0.15, 0.2) is 0 Å². The number of hydrogen-bond acceptors (Lipinski definition) is 5. The van der Waals surface area contributed by atoms with E-state index in [-0.39, 0.29) is 17.2 Å². The van der Waals surface area contributed by atoms with Crippen molar-refractivity contribution in [2.24, 2.45) is 0 Å². The van der Waals surface area contributed by atoms with E-state index >= 15 is 0 Å². The summed E-state index contributed by atoms with van der Waals surface area (Å²) in [5.74, 6) is 0. The SMILES string of the molecule is CC1(C)CC(OCCCCCCCOCc2ccnc3c2ccc2cccnc23)CC(C)(C)[NH+]1[O-]. The highest BCUT2D eigenvalue weighted by molar-refractivity contribution is 6.03. The van der Waals surface area contributed by atoms with Crippen LogP contribution in [0.3, 0.4) is 0 Å². The van der Waals surface area contributed by atoms with Crippen molar-refractivity contribution in [2.75, 3.05) is 13.2 Å². The molecule has 0 unspecified atom stereocenters. The molecule has 1 N–H and O–H groups in total. The second-order valence-corrected chi connectivity index (χ2v) is 11.3. The van der Waals surface area contributed by atoms with Crippen molar-refractivity contribution in [3.05, 3.63) is 53.5 Å². The molecule has 0 radical (unpaired) electrons. The molecule has 1 aliphatic heterocycles. The average molecular weight is 480 g/mol. The molecule has 0 aliphatic carbocycles. The summed E-state index contributed by atoms with van der Waals surface area (Å²) in [5, 5.41) is 15.1. The van der Waals surface area contributed by atoms with Crippen molar-refractivity contribution in [2.45, 2.75) is 96.4 Å². The molecule has 4 rings (SSSR count).